The summed E-state index contributed by atoms with van der Waals surface area (Å²) in [7, 11) is 1.81. The predicted octanol–water partition coefficient (Wildman–Crippen LogP) is 4.59. The molecule has 1 aromatic heterocycles. The standard InChI is InChI=1S/C21H17N5O2/c1-24(17-7-3-2-4-8-17)20-12-11-16(13-21(20)26(27)28)14-23-25-15-22-18-9-5-6-10-19(18)25/h2-15H,1H3/b23-14-. The van der Waals surface area contributed by atoms with Gasteiger partial charge in [0.2, 0.25) is 0 Å². The minimum atomic E-state index is -0.376. The molecular formula is C21H17N5O2. The number of nitro groups is 1. The summed E-state index contributed by atoms with van der Waals surface area (Å²) in [6.07, 6.45) is 3.21. The van der Waals surface area contributed by atoms with Crippen LogP contribution >= 0.6 is 0 Å². The van der Waals surface area contributed by atoms with Gasteiger partial charge in [0.1, 0.15) is 12.0 Å². The zero-order chi connectivity index (χ0) is 19.5. The highest BCUT2D eigenvalue weighted by Crippen LogP contribution is 2.32. The minimum absolute atomic E-state index is 0.0193. The summed E-state index contributed by atoms with van der Waals surface area (Å²) in [6, 6.07) is 22.2. The Bertz CT molecular complexity index is 1170. The van der Waals surface area contributed by atoms with Crippen LogP contribution in [-0.2, 0) is 0 Å². The maximum Gasteiger partial charge on any atom is 0.293 e. The van der Waals surface area contributed by atoms with Crippen molar-refractivity contribution in [3.63, 3.8) is 0 Å². The summed E-state index contributed by atoms with van der Waals surface area (Å²) >= 11 is 0. The quantitative estimate of drug-likeness (QED) is 0.292. The number of anilines is 2. The van der Waals surface area contributed by atoms with Gasteiger partial charge in [0.05, 0.1) is 22.2 Å². The largest absolute Gasteiger partial charge is 0.339 e. The van der Waals surface area contributed by atoms with E-state index >= 15 is 0 Å². The lowest BCUT2D eigenvalue weighted by molar-refractivity contribution is -0.384. The zero-order valence-electron chi connectivity index (χ0n) is 15.1. The highest BCUT2D eigenvalue weighted by Gasteiger charge is 2.18. The Kier molecular flexibility index (Phi) is 4.55. The maximum atomic E-state index is 11.6. The van der Waals surface area contributed by atoms with Crippen LogP contribution in [0.3, 0.4) is 0 Å². The number of nitrogens with zero attached hydrogens (tertiary/aromatic N) is 5. The number of rotatable bonds is 5. The molecular weight excluding hydrogens is 354 g/mol. The lowest BCUT2D eigenvalue weighted by Crippen LogP contribution is -2.11. The summed E-state index contributed by atoms with van der Waals surface area (Å²) in [5.41, 5.74) is 3.75. The molecule has 0 aliphatic carbocycles. The van der Waals surface area contributed by atoms with Crippen LogP contribution in [0.25, 0.3) is 11.0 Å². The van der Waals surface area contributed by atoms with Crippen LogP contribution in [-0.4, -0.2) is 27.8 Å². The molecule has 3 aromatic carbocycles. The van der Waals surface area contributed by atoms with Gasteiger partial charge in [0, 0.05) is 24.4 Å². The second-order valence-corrected chi connectivity index (χ2v) is 6.22. The van der Waals surface area contributed by atoms with Gasteiger partial charge in [-0.1, -0.05) is 36.4 Å². The first-order valence-electron chi connectivity index (χ1n) is 8.67. The lowest BCUT2D eigenvalue weighted by Gasteiger charge is -2.19. The number of para-hydroxylation sites is 3. The van der Waals surface area contributed by atoms with Gasteiger partial charge in [-0.05, 0) is 30.3 Å². The molecule has 0 amide bonds. The Morgan fingerprint density at radius 3 is 2.61 bits per heavy atom. The van der Waals surface area contributed by atoms with Gasteiger partial charge in [-0.2, -0.15) is 5.10 Å². The molecule has 4 aromatic rings. The molecule has 0 saturated heterocycles. The van der Waals surface area contributed by atoms with E-state index in [1.807, 2.05) is 67.7 Å². The molecule has 138 valence electrons. The van der Waals surface area contributed by atoms with Crippen molar-refractivity contribution in [3.05, 3.63) is 94.8 Å². The van der Waals surface area contributed by atoms with Gasteiger partial charge in [-0.3, -0.25) is 10.1 Å². The first-order valence-corrected chi connectivity index (χ1v) is 8.67. The fraction of sp³-hybridized carbons (Fsp3) is 0.0476. The van der Waals surface area contributed by atoms with E-state index in [-0.39, 0.29) is 10.6 Å². The van der Waals surface area contributed by atoms with Crippen molar-refractivity contribution in [2.75, 3.05) is 11.9 Å². The van der Waals surface area contributed by atoms with Crippen molar-refractivity contribution in [2.45, 2.75) is 0 Å². The molecule has 28 heavy (non-hydrogen) atoms. The first kappa shape index (κ1) is 17.4. The van der Waals surface area contributed by atoms with E-state index in [0.29, 0.717) is 11.3 Å². The summed E-state index contributed by atoms with van der Waals surface area (Å²) in [5, 5.41) is 16.0. The molecule has 1 heterocycles. The predicted molar refractivity (Wildman–Crippen MR) is 110 cm³/mol. The van der Waals surface area contributed by atoms with E-state index in [4.69, 9.17) is 0 Å². The van der Waals surface area contributed by atoms with E-state index in [9.17, 15) is 10.1 Å². The molecule has 0 aliphatic rings. The molecule has 0 N–H and O–H groups in total. The van der Waals surface area contributed by atoms with E-state index < -0.39 is 0 Å². The van der Waals surface area contributed by atoms with Crippen LogP contribution in [0.2, 0.25) is 0 Å². The smallest absolute Gasteiger partial charge is 0.293 e. The van der Waals surface area contributed by atoms with Crippen LogP contribution < -0.4 is 4.90 Å². The molecule has 0 fully saturated rings. The van der Waals surface area contributed by atoms with Crippen LogP contribution in [0, 0.1) is 10.1 Å². The van der Waals surface area contributed by atoms with Crippen molar-refractivity contribution >= 4 is 34.3 Å². The van der Waals surface area contributed by atoms with Crippen LogP contribution in [0.5, 0.6) is 0 Å². The SMILES string of the molecule is CN(c1ccccc1)c1ccc(/C=N\n2cnc3ccccc32)cc1[N+](=O)[O-]. The molecule has 0 radical (unpaired) electrons. The van der Waals surface area contributed by atoms with Gasteiger partial charge in [0.15, 0.2) is 0 Å². The molecule has 0 atom stereocenters. The Balaban J connectivity index is 1.68. The van der Waals surface area contributed by atoms with Crippen LogP contribution in [0.1, 0.15) is 5.56 Å². The molecule has 0 bridgehead atoms. The number of fused-ring (bicyclic) bond motifs is 1. The number of aromatic nitrogens is 2. The summed E-state index contributed by atoms with van der Waals surface area (Å²) in [4.78, 5) is 17.3. The highest BCUT2D eigenvalue weighted by molar-refractivity contribution is 5.85. The Morgan fingerprint density at radius 1 is 1.07 bits per heavy atom. The molecule has 0 unspecified atom stereocenters. The van der Waals surface area contributed by atoms with E-state index in [1.165, 1.54) is 6.07 Å². The van der Waals surface area contributed by atoms with Gasteiger partial charge >= 0.3 is 0 Å². The first-order chi connectivity index (χ1) is 13.6. The van der Waals surface area contributed by atoms with Crippen molar-refractivity contribution in [2.24, 2.45) is 5.10 Å². The second-order valence-electron chi connectivity index (χ2n) is 6.22. The summed E-state index contributed by atoms with van der Waals surface area (Å²) in [5.74, 6) is 0. The van der Waals surface area contributed by atoms with E-state index in [1.54, 1.807) is 28.2 Å². The van der Waals surface area contributed by atoms with Crippen molar-refractivity contribution in [1.29, 1.82) is 0 Å². The van der Waals surface area contributed by atoms with Gasteiger partial charge in [0.25, 0.3) is 5.69 Å². The number of hydrogen-bond acceptors (Lipinski definition) is 5. The average molecular weight is 371 g/mol. The van der Waals surface area contributed by atoms with E-state index in [0.717, 1.165) is 16.7 Å². The second kappa shape index (κ2) is 7.32. The molecule has 4 rings (SSSR count). The monoisotopic (exact) mass is 371 g/mol. The van der Waals surface area contributed by atoms with Crippen LogP contribution in [0.4, 0.5) is 17.1 Å². The van der Waals surface area contributed by atoms with Crippen molar-refractivity contribution < 1.29 is 4.92 Å². The topological polar surface area (TPSA) is 76.6 Å². The van der Waals surface area contributed by atoms with Crippen molar-refractivity contribution in [1.82, 2.24) is 9.66 Å². The molecule has 0 aliphatic heterocycles. The average Bonchev–Trinajstić information content (AvgIpc) is 3.15. The Morgan fingerprint density at radius 2 is 1.82 bits per heavy atom. The molecule has 0 saturated carbocycles. The third-order valence-corrected chi connectivity index (χ3v) is 4.47. The van der Waals surface area contributed by atoms with Crippen LogP contribution in [0.15, 0.2) is 84.2 Å². The summed E-state index contributed by atoms with van der Waals surface area (Å²) < 4.78 is 1.64. The Labute approximate surface area is 161 Å². The minimum Gasteiger partial charge on any atom is -0.339 e. The Hall–Kier alpha value is -4.00. The van der Waals surface area contributed by atoms with E-state index in [2.05, 4.69) is 10.1 Å². The number of benzene rings is 3. The fourth-order valence-corrected chi connectivity index (χ4v) is 3.01. The zero-order valence-corrected chi connectivity index (χ0v) is 15.1. The maximum absolute atomic E-state index is 11.6. The van der Waals surface area contributed by atoms with Gasteiger partial charge in [-0.25, -0.2) is 9.66 Å². The van der Waals surface area contributed by atoms with Gasteiger partial charge < -0.3 is 4.90 Å². The molecule has 7 heteroatoms. The normalized spacial score (nSPS) is 11.2. The van der Waals surface area contributed by atoms with Gasteiger partial charge in [-0.15, -0.1) is 0 Å². The third kappa shape index (κ3) is 3.33. The molecule has 0 spiro atoms. The molecule has 7 nitrogen and oxygen atoms in total. The number of imidazole rings is 1. The summed E-state index contributed by atoms with van der Waals surface area (Å²) in [6.45, 7) is 0. The highest BCUT2D eigenvalue weighted by atomic mass is 16.6. The fourth-order valence-electron chi connectivity index (χ4n) is 3.01. The van der Waals surface area contributed by atoms with Crippen molar-refractivity contribution in [3.8, 4) is 0 Å². The number of nitro benzene ring substituents is 1. The third-order valence-electron chi connectivity index (χ3n) is 4.47. The lowest BCUT2D eigenvalue weighted by atomic mass is 10.1. The number of hydrogen-bond donors (Lipinski definition) is 0.